The highest BCUT2D eigenvalue weighted by molar-refractivity contribution is 6.33. The molecule has 2 aromatic carbocycles. The molecule has 106 valence electrons. The highest BCUT2D eigenvalue weighted by Gasteiger charge is 2.10. The minimum Gasteiger partial charge on any atom is -0.378 e. The first-order chi connectivity index (χ1) is 9.60. The summed E-state index contributed by atoms with van der Waals surface area (Å²) in [6, 6.07) is 14.2. The average Bonchev–Trinajstić information content (AvgIpc) is 2.44. The molecule has 0 fully saturated rings. The van der Waals surface area contributed by atoms with Gasteiger partial charge in [-0.3, -0.25) is 0 Å². The molecule has 0 heterocycles. The number of rotatable bonds is 5. The normalized spacial score (nSPS) is 12.2. The van der Waals surface area contributed by atoms with E-state index in [1.807, 2.05) is 12.1 Å². The Morgan fingerprint density at radius 1 is 1.05 bits per heavy atom. The van der Waals surface area contributed by atoms with Gasteiger partial charge in [-0.2, -0.15) is 0 Å². The predicted molar refractivity (Wildman–Crippen MR) is 88.9 cm³/mol. The highest BCUT2D eigenvalue weighted by atomic mass is 35.5. The number of benzene rings is 2. The van der Waals surface area contributed by atoms with Crippen molar-refractivity contribution in [2.45, 2.75) is 32.7 Å². The Bertz CT molecular complexity index is 564. The molecule has 2 rings (SSSR count). The third kappa shape index (κ3) is 3.91. The summed E-state index contributed by atoms with van der Waals surface area (Å²) in [5.74, 6) is 0. The molecular weight excluding hydrogens is 289 g/mol. The van der Waals surface area contributed by atoms with Crippen molar-refractivity contribution in [1.82, 2.24) is 0 Å². The van der Waals surface area contributed by atoms with Crippen molar-refractivity contribution < 1.29 is 0 Å². The smallest absolute Gasteiger partial charge is 0.0500 e. The lowest BCUT2D eigenvalue weighted by Gasteiger charge is -2.17. The molecule has 0 saturated heterocycles. The van der Waals surface area contributed by atoms with Crippen molar-refractivity contribution >= 4 is 28.9 Å². The van der Waals surface area contributed by atoms with Crippen molar-refractivity contribution in [3.63, 3.8) is 0 Å². The molecule has 0 aromatic heterocycles. The quantitative estimate of drug-likeness (QED) is 0.701. The van der Waals surface area contributed by atoms with Gasteiger partial charge in [0.05, 0.1) is 6.04 Å². The van der Waals surface area contributed by atoms with Crippen molar-refractivity contribution in [2.75, 3.05) is 5.32 Å². The maximum atomic E-state index is 6.23. The van der Waals surface area contributed by atoms with Gasteiger partial charge in [0, 0.05) is 15.7 Å². The van der Waals surface area contributed by atoms with Gasteiger partial charge in [-0.1, -0.05) is 48.7 Å². The van der Waals surface area contributed by atoms with Gasteiger partial charge in [0.1, 0.15) is 0 Å². The summed E-state index contributed by atoms with van der Waals surface area (Å²) < 4.78 is 0. The summed E-state index contributed by atoms with van der Waals surface area (Å²) in [6.07, 6.45) is 2.29. The van der Waals surface area contributed by atoms with Crippen LogP contribution in [-0.4, -0.2) is 0 Å². The summed E-state index contributed by atoms with van der Waals surface area (Å²) in [7, 11) is 0. The Balaban J connectivity index is 2.10. The van der Waals surface area contributed by atoms with Crippen LogP contribution in [0, 0.1) is 0 Å². The molecule has 1 atom stereocenters. The Kier molecular flexibility index (Phi) is 5.33. The lowest BCUT2D eigenvalue weighted by molar-refractivity contribution is 0.883. The van der Waals surface area contributed by atoms with E-state index in [9.17, 15) is 0 Å². The molecule has 0 radical (unpaired) electrons. The molecule has 0 aliphatic carbocycles. The molecule has 1 nitrogen and oxygen atoms in total. The van der Waals surface area contributed by atoms with E-state index < -0.39 is 0 Å². The van der Waals surface area contributed by atoms with Crippen LogP contribution in [0.15, 0.2) is 42.5 Å². The number of nitrogens with one attached hydrogen (secondary N) is 1. The lowest BCUT2D eigenvalue weighted by atomic mass is 10.1. The molecule has 1 N–H and O–H groups in total. The summed E-state index contributed by atoms with van der Waals surface area (Å²) in [5, 5.41) is 4.89. The second kappa shape index (κ2) is 7.01. The first-order valence-electron chi connectivity index (χ1n) is 6.90. The Morgan fingerprint density at radius 2 is 1.75 bits per heavy atom. The predicted octanol–water partition coefficient (Wildman–Crippen LogP) is 6.12. The zero-order valence-corrected chi connectivity index (χ0v) is 13.3. The average molecular weight is 308 g/mol. The summed E-state index contributed by atoms with van der Waals surface area (Å²) >= 11 is 12.3. The summed E-state index contributed by atoms with van der Waals surface area (Å²) in [4.78, 5) is 0. The number of halogens is 2. The first-order valence-corrected chi connectivity index (χ1v) is 7.66. The van der Waals surface area contributed by atoms with Crippen molar-refractivity contribution in [3.8, 4) is 0 Å². The third-order valence-electron chi connectivity index (χ3n) is 3.30. The third-order valence-corrected chi connectivity index (χ3v) is 3.88. The van der Waals surface area contributed by atoms with Gasteiger partial charge in [-0.25, -0.2) is 0 Å². The molecule has 0 amide bonds. The first kappa shape index (κ1) is 15.2. The van der Waals surface area contributed by atoms with E-state index in [2.05, 4.69) is 43.4 Å². The van der Waals surface area contributed by atoms with Crippen LogP contribution in [-0.2, 0) is 6.42 Å². The van der Waals surface area contributed by atoms with Gasteiger partial charge >= 0.3 is 0 Å². The number of aryl methyl sites for hydroxylation is 1. The SMILES string of the molecule is CCCc1ccc(NC(C)c2cc(Cl)ccc2Cl)cc1. The van der Waals surface area contributed by atoms with Crippen molar-refractivity contribution in [1.29, 1.82) is 0 Å². The molecule has 1 unspecified atom stereocenters. The zero-order valence-electron chi connectivity index (χ0n) is 11.8. The topological polar surface area (TPSA) is 12.0 Å². The molecule has 3 heteroatoms. The van der Waals surface area contributed by atoms with Crippen LogP contribution >= 0.6 is 23.2 Å². The fourth-order valence-corrected chi connectivity index (χ4v) is 2.69. The van der Waals surface area contributed by atoms with Crippen LogP contribution in [0.1, 0.15) is 37.4 Å². The Hall–Kier alpha value is -1.18. The lowest BCUT2D eigenvalue weighted by Crippen LogP contribution is -2.07. The fraction of sp³-hybridized carbons (Fsp3) is 0.294. The minimum absolute atomic E-state index is 0.109. The monoisotopic (exact) mass is 307 g/mol. The molecular formula is C17H19Cl2N. The van der Waals surface area contributed by atoms with E-state index in [0.29, 0.717) is 5.02 Å². The minimum atomic E-state index is 0.109. The molecule has 0 aliphatic rings. The van der Waals surface area contributed by atoms with Crippen LogP contribution in [0.25, 0.3) is 0 Å². The van der Waals surface area contributed by atoms with E-state index >= 15 is 0 Å². The van der Waals surface area contributed by atoms with Crippen molar-refractivity contribution in [3.05, 3.63) is 63.6 Å². The summed E-state index contributed by atoms with van der Waals surface area (Å²) in [5.41, 5.74) is 3.47. The standard InChI is InChI=1S/C17H19Cl2N/c1-3-4-13-5-8-15(9-6-13)20-12(2)16-11-14(18)7-10-17(16)19/h5-12,20H,3-4H2,1-2H3. The number of hydrogen-bond donors (Lipinski definition) is 1. The maximum Gasteiger partial charge on any atom is 0.0500 e. The Labute approximate surface area is 130 Å². The molecule has 2 aromatic rings. The molecule has 0 bridgehead atoms. The van der Waals surface area contributed by atoms with Gasteiger partial charge in [0.2, 0.25) is 0 Å². The maximum absolute atomic E-state index is 6.23. The molecule has 0 aliphatic heterocycles. The van der Waals surface area contributed by atoms with Gasteiger partial charge in [0.15, 0.2) is 0 Å². The van der Waals surface area contributed by atoms with E-state index in [1.54, 1.807) is 6.07 Å². The molecule has 20 heavy (non-hydrogen) atoms. The van der Waals surface area contributed by atoms with Gasteiger partial charge in [-0.05, 0) is 54.8 Å². The van der Waals surface area contributed by atoms with Gasteiger partial charge in [0.25, 0.3) is 0 Å². The van der Waals surface area contributed by atoms with Crippen LogP contribution in [0.2, 0.25) is 10.0 Å². The fourth-order valence-electron chi connectivity index (χ4n) is 2.23. The summed E-state index contributed by atoms with van der Waals surface area (Å²) in [6.45, 7) is 4.27. The van der Waals surface area contributed by atoms with Crippen molar-refractivity contribution in [2.24, 2.45) is 0 Å². The van der Waals surface area contributed by atoms with E-state index in [-0.39, 0.29) is 6.04 Å². The van der Waals surface area contributed by atoms with Gasteiger partial charge in [-0.15, -0.1) is 0 Å². The largest absolute Gasteiger partial charge is 0.378 e. The highest BCUT2D eigenvalue weighted by Crippen LogP contribution is 2.28. The molecule has 0 spiro atoms. The second-order valence-electron chi connectivity index (χ2n) is 4.98. The second-order valence-corrected chi connectivity index (χ2v) is 5.82. The van der Waals surface area contributed by atoms with Crippen LogP contribution in [0.4, 0.5) is 5.69 Å². The van der Waals surface area contributed by atoms with Gasteiger partial charge < -0.3 is 5.32 Å². The van der Waals surface area contributed by atoms with E-state index in [1.165, 1.54) is 12.0 Å². The van der Waals surface area contributed by atoms with E-state index in [4.69, 9.17) is 23.2 Å². The van der Waals surface area contributed by atoms with Crippen LogP contribution in [0.5, 0.6) is 0 Å². The number of hydrogen-bond acceptors (Lipinski definition) is 1. The van der Waals surface area contributed by atoms with Crippen LogP contribution < -0.4 is 5.32 Å². The number of anilines is 1. The van der Waals surface area contributed by atoms with Crippen LogP contribution in [0.3, 0.4) is 0 Å². The Morgan fingerprint density at radius 3 is 2.40 bits per heavy atom. The zero-order chi connectivity index (χ0) is 14.5. The van der Waals surface area contributed by atoms with E-state index in [0.717, 1.165) is 22.7 Å². The molecule has 0 saturated carbocycles.